The minimum atomic E-state index is -1.26. The molecule has 490 valence electrons. The van der Waals surface area contributed by atoms with Crippen LogP contribution in [0.4, 0.5) is 11.6 Å². The number of ketones is 1. The van der Waals surface area contributed by atoms with Crippen LogP contribution >= 0.6 is 0 Å². The summed E-state index contributed by atoms with van der Waals surface area (Å²) in [4.78, 5) is 129. The van der Waals surface area contributed by atoms with Crippen molar-refractivity contribution in [2.24, 2.45) is 0 Å². The molecule has 2 bridgehead atoms. The Hall–Kier alpha value is -7.56. The van der Waals surface area contributed by atoms with Gasteiger partial charge in [0.05, 0.1) is 69.3 Å². The monoisotopic (exact) mass is 1240 g/mol. The summed E-state index contributed by atoms with van der Waals surface area (Å²) in [6.45, 7) is 21.0. The number of carboxylic acid groups (broad SMARTS) is 1. The largest absolute Gasteiger partial charge is 0.480 e. The van der Waals surface area contributed by atoms with Crippen molar-refractivity contribution >= 4 is 64.3 Å². The number of nitrogens with two attached hydrogens (primary N) is 1. The summed E-state index contributed by atoms with van der Waals surface area (Å²) in [6.07, 6.45) is 3.53. The molecule has 0 spiro atoms. The normalized spacial score (nSPS) is 14.6. The number of nitrogens with zero attached hydrogens (tertiary/aromatic N) is 7. The number of esters is 3. The number of aliphatic carboxylic acids is 1. The maximum atomic E-state index is 14.1. The number of H-pyrrole nitrogens is 1. The molecule has 0 radical (unpaired) electrons. The predicted molar refractivity (Wildman–Crippen MR) is 330 cm³/mol. The van der Waals surface area contributed by atoms with Crippen molar-refractivity contribution in [3.8, 4) is 0 Å². The van der Waals surface area contributed by atoms with Crippen LogP contribution in [-0.2, 0) is 76.8 Å². The Labute approximate surface area is 520 Å². The number of Topliss-reactive ketones (excluding diaryl/α,β-unsaturated/α-hetero) is 1. The van der Waals surface area contributed by atoms with Crippen LogP contribution < -0.4 is 27.2 Å². The zero-order valence-electron chi connectivity index (χ0n) is 53.1. The molecule has 27 nitrogen and oxygen atoms in total. The molecule has 1 aliphatic heterocycles. The molecule has 1 unspecified atom stereocenters. The van der Waals surface area contributed by atoms with Crippen LogP contribution in [0, 0.1) is 0 Å². The first-order chi connectivity index (χ1) is 42.1. The van der Waals surface area contributed by atoms with Crippen LogP contribution in [0.3, 0.4) is 0 Å². The number of nitrogen functional groups attached to an aromatic ring is 1. The molecule has 0 saturated carbocycles. The van der Waals surface area contributed by atoms with Crippen molar-refractivity contribution in [1.29, 1.82) is 0 Å². The highest BCUT2D eigenvalue weighted by Gasteiger charge is 2.33. The Balaban J connectivity index is 0.952. The Morgan fingerprint density at radius 1 is 0.674 bits per heavy atom. The fraction of sp³-hybridized carbons (Fsp3) is 0.613. The number of pyridine rings is 1. The van der Waals surface area contributed by atoms with E-state index < -0.39 is 58.3 Å². The molecular formula is C62H92N12O15. The van der Waals surface area contributed by atoms with Crippen LogP contribution in [0.2, 0.25) is 0 Å². The summed E-state index contributed by atoms with van der Waals surface area (Å²) >= 11 is 0. The average Bonchev–Trinajstić information content (AvgIpc) is 3.62. The smallest absolute Gasteiger partial charge is 0.326 e. The van der Waals surface area contributed by atoms with Crippen LogP contribution in [0.25, 0.3) is 11.2 Å². The lowest BCUT2D eigenvalue weighted by molar-refractivity contribution is -0.163. The van der Waals surface area contributed by atoms with E-state index in [2.05, 4.69) is 35.9 Å². The Bertz CT molecular complexity index is 3020. The SMILES string of the molecule is CC(C)(C)OC(=O)CN1CCN(CC(=O)OC(C)(C)C)Cc2cccc(n2)CN(C(CCC(=O)NCCCOCCOCCOCCCCC(=O)CC[C@H](NC(=O)c2ccc(NCc3cnc4nc(N)[nH]c(=O)c4n3)cc2)C(=O)O)C(=O)OC(C)(C)C)CC1. The number of nitrogens with one attached hydrogen (secondary N) is 4. The Morgan fingerprint density at radius 2 is 1.27 bits per heavy atom. The number of fused-ring (bicyclic) bond motifs is 3. The molecule has 0 aliphatic carbocycles. The second-order valence-electron chi connectivity index (χ2n) is 24.7. The number of carbonyl (C=O) groups excluding carboxylic acids is 6. The van der Waals surface area contributed by atoms with Crippen molar-refractivity contribution < 1.29 is 67.1 Å². The highest BCUT2D eigenvalue weighted by Crippen LogP contribution is 2.21. The van der Waals surface area contributed by atoms with E-state index in [1.54, 1.807) is 32.9 Å². The van der Waals surface area contributed by atoms with Crippen LogP contribution in [-0.4, -0.2) is 201 Å². The van der Waals surface area contributed by atoms with Gasteiger partial charge in [0, 0.05) is 89.5 Å². The molecule has 3 aromatic heterocycles. The summed E-state index contributed by atoms with van der Waals surface area (Å²) in [5, 5.41) is 18.3. The molecule has 0 fully saturated rings. The molecule has 2 atom stereocenters. The first-order valence-electron chi connectivity index (χ1n) is 30.3. The van der Waals surface area contributed by atoms with Gasteiger partial charge in [0.2, 0.25) is 11.9 Å². The van der Waals surface area contributed by atoms with Gasteiger partial charge >= 0.3 is 23.9 Å². The van der Waals surface area contributed by atoms with E-state index in [9.17, 15) is 43.5 Å². The fourth-order valence-corrected chi connectivity index (χ4v) is 9.20. The first-order valence-corrected chi connectivity index (χ1v) is 30.3. The van der Waals surface area contributed by atoms with Gasteiger partial charge < -0.3 is 55.2 Å². The summed E-state index contributed by atoms with van der Waals surface area (Å²) in [5.74, 6) is -3.54. The summed E-state index contributed by atoms with van der Waals surface area (Å²) < 4.78 is 34.3. The van der Waals surface area contributed by atoms with Gasteiger partial charge in [0.1, 0.15) is 34.7 Å². The molecule has 89 heavy (non-hydrogen) atoms. The summed E-state index contributed by atoms with van der Waals surface area (Å²) in [6, 6.07) is 9.88. The highest BCUT2D eigenvalue weighted by molar-refractivity contribution is 5.97. The number of hydrogen-bond donors (Lipinski definition) is 6. The topological polar surface area (TPSA) is 351 Å². The molecule has 27 heteroatoms. The van der Waals surface area contributed by atoms with Crippen molar-refractivity contribution in [3.63, 3.8) is 0 Å². The summed E-state index contributed by atoms with van der Waals surface area (Å²) in [5.41, 5.74) is 5.76. The van der Waals surface area contributed by atoms with Crippen molar-refractivity contribution in [3.05, 3.63) is 81.7 Å². The zero-order chi connectivity index (χ0) is 65.2. The van der Waals surface area contributed by atoms with Crippen molar-refractivity contribution in [2.45, 2.75) is 162 Å². The maximum absolute atomic E-state index is 14.1. The molecular weight excluding hydrogens is 1150 g/mol. The number of aromatic amines is 1. The second-order valence-corrected chi connectivity index (χ2v) is 24.7. The lowest BCUT2D eigenvalue weighted by Gasteiger charge is -2.35. The third kappa shape index (κ3) is 28.6. The van der Waals surface area contributed by atoms with Gasteiger partial charge in [0.25, 0.3) is 11.5 Å². The van der Waals surface area contributed by atoms with Gasteiger partial charge in [-0.15, -0.1) is 0 Å². The minimum Gasteiger partial charge on any atom is -0.480 e. The number of benzene rings is 1. The predicted octanol–water partition coefficient (Wildman–Crippen LogP) is 4.35. The molecule has 0 saturated heterocycles. The number of carbonyl (C=O) groups is 7. The van der Waals surface area contributed by atoms with E-state index in [1.807, 2.05) is 74.4 Å². The van der Waals surface area contributed by atoms with Crippen molar-refractivity contribution in [2.75, 3.05) is 96.5 Å². The van der Waals surface area contributed by atoms with Gasteiger partial charge in [-0.05, 0) is 131 Å². The van der Waals surface area contributed by atoms with E-state index in [-0.39, 0.29) is 98.6 Å². The lowest BCUT2D eigenvalue weighted by Crippen LogP contribution is -2.49. The van der Waals surface area contributed by atoms with Crippen LogP contribution in [0.5, 0.6) is 0 Å². The average molecular weight is 1250 g/mol. The molecule has 2 amide bonds. The Morgan fingerprint density at radius 3 is 1.91 bits per heavy atom. The van der Waals surface area contributed by atoms with Crippen molar-refractivity contribution in [1.82, 2.24) is 50.3 Å². The van der Waals surface area contributed by atoms with E-state index in [0.717, 1.165) is 0 Å². The third-order valence-electron chi connectivity index (χ3n) is 13.3. The molecule has 1 aliphatic rings. The van der Waals surface area contributed by atoms with E-state index in [0.29, 0.717) is 121 Å². The number of aromatic nitrogens is 5. The van der Waals surface area contributed by atoms with Gasteiger partial charge in [0.15, 0.2) is 11.2 Å². The third-order valence-corrected chi connectivity index (χ3v) is 13.3. The standard InChI is InChI=1S/C62H92N12O15/c1-60(2,3)87-51(77)40-72-26-27-73(41-52(78)88-61(4,5)6)38-44-14-12-15-45(67-44)39-74(29-28-72)49(58(83)89-62(7,8)9)23-24-50(76)64-25-13-31-85-33-35-86-34-32-84-30-11-10-16-47(75)21-22-48(57(81)82)69-55(79)42-17-19-43(20-18-42)65-36-46-37-66-54-53(68-46)56(80)71-59(63)70-54/h12,14-15,17-20,37,48-49,65H,10-11,13,16,21-36,38-41H2,1-9H3,(H,64,76)(H,69,79)(H,81,82)(H3,63,66,70,71,80)/t48-,49?/m0/s1. The van der Waals surface area contributed by atoms with Gasteiger partial charge in [-0.2, -0.15) is 4.98 Å². The van der Waals surface area contributed by atoms with Gasteiger partial charge in [-0.1, -0.05) is 6.07 Å². The van der Waals surface area contributed by atoms with E-state index >= 15 is 0 Å². The quantitative estimate of drug-likeness (QED) is 0.0219. The summed E-state index contributed by atoms with van der Waals surface area (Å²) in [7, 11) is 0. The zero-order valence-corrected chi connectivity index (χ0v) is 53.1. The maximum Gasteiger partial charge on any atom is 0.326 e. The second kappa shape index (κ2) is 35.6. The number of anilines is 2. The number of hydrogen-bond acceptors (Lipinski definition) is 23. The molecule has 1 aromatic carbocycles. The molecule has 5 rings (SSSR count). The molecule has 7 N–H and O–H groups in total. The van der Waals surface area contributed by atoms with Gasteiger partial charge in [-0.25, -0.2) is 14.8 Å². The lowest BCUT2D eigenvalue weighted by atomic mass is 10.0. The molecule has 4 heterocycles. The fourth-order valence-electron chi connectivity index (χ4n) is 9.20. The number of unbranched alkanes of at least 4 members (excludes halogenated alkanes) is 1. The first kappa shape index (κ1) is 72.2. The van der Waals surface area contributed by atoms with E-state index in [1.165, 1.54) is 18.3 Å². The minimum absolute atomic E-state index is 0.0178. The number of rotatable bonds is 33. The highest BCUT2D eigenvalue weighted by atomic mass is 16.6. The number of amides is 2. The van der Waals surface area contributed by atoms with E-state index in [4.69, 9.17) is 39.1 Å². The number of carboxylic acids is 1. The molecule has 4 aromatic rings. The number of ether oxygens (including phenoxy) is 6. The van der Waals surface area contributed by atoms with Gasteiger partial charge in [-0.3, -0.25) is 58.2 Å². The Kier molecular flexibility index (Phi) is 28.9. The van der Waals surface area contributed by atoms with Crippen LogP contribution in [0.15, 0.2) is 53.5 Å². The van der Waals surface area contributed by atoms with Crippen LogP contribution in [0.1, 0.15) is 141 Å².